The van der Waals surface area contributed by atoms with Crippen molar-refractivity contribution in [3.63, 3.8) is 0 Å². The molecule has 3 N–H and O–H groups in total. The fourth-order valence-electron chi connectivity index (χ4n) is 1.93. The van der Waals surface area contributed by atoms with Crippen LogP contribution in [0.1, 0.15) is 15.9 Å². The first-order valence-corrected chi connectivity index (χ1v) is 6.05. The van der Waals surface area contributed by atoms with E-state index < -0.39 is 35.3 Å². The Labute approximate surface area is 124 Å². The zero-order chi connectivity index (χ0) is 16.4. The molecule has 22 heavy (non-hydrogen) atoms. The van der Waals surface area contributed by atoms with E-state index in [9.17, 15) is 19.5 Å². The molecule has 2 aromatic heterocycles. The lowest BCUT2D eigenvalue weighted by Gasteiger charge is -2.11. The number of fused-ring (bicyclic) bond motifs is 1. The Balaban J connectivity index is 2.69. The van der Waals surface area contributed by atoms with Gasteiger partial charge in [-0.05, 0) is 6.07 Å². The topological polar surface area (TPSA) is 122 Å². The van der Waals surface area contributed by atoms with E-state index in [2.05, 4.69) is 10.9 Å². The zero-order valence-corrected chi connectivity index (χ0v) is 11.5. The van der Waals surface area contributed by atoms with E-state index in [1.807, 2.05) is 5.32 Å². The highest BCUT2D eigenvalue weighted by molar-refractivity contribution is 6.02. The van der Waals surface area contributed by atoms with Gasteiger partial charge in [0.2, 0.25) is 0 Å². The number of aryl methyl sites for hydroxylation is 1. The molecule has 0 aliphatic heterocycles. The normalized spacial score (nSPS) is 10.2. The van der Waals surface area contributed by atoms with Gasteiger partial charge < -0.3 is 15.5 Å². The number of pyridine rings is 2. The number of carbonyl (C=O) groups is 2. The van der Waals surface area contributed by atoms with Gasteiger partial charge >= 0.3 is 5.97 Å². The summed E-state index contributed by atoms with van der Waals surface area (Å²) >= 11 is 0. The number of hydrogen-bond donors (Lipinski definition) is 3. The minimum absolute atomic E-state index is 0.123. The lowest BCUT2D eigenvalue weighted by molar-refractivity contribution is -0.135. The molecule has 0 aliphatic rings. The fraction of sp³-hybridized carbons (Fsp3) is 0.143. The van der Waals surface area contributed by atoms with Crippen LogP contribution >= 0.6 is 0 Å². The molecule has 0 saturated carbocycles. The third-order valence-electron chi connectivity index (χ3n) is 2.99. The second kappa shape index (κ2) is 5.57. The molecule has 112 valence electrons. The van der Waals surface area contributed by atoms with Crippen molar-refractivity contribution in [1.82, 2.24) is 14.9 Å². The first-order chi connectivity index (χ1) is 10.4. The number of nitrogens with one attached hydrogen (secondary N) is 1. The second-order valence-electron chi connectivity index (χ2n) is 4.40. The highest BCUT2D eigenvalue weighted by Crippen LogP contribution is 2.25. The van der Waals surface area contributed by atoms with E-state index >= 15 is 0 Å². The van der Waals surface area contributed by atoms with Gasteiger partial charge in [0.15, 0.2) is 0 Å². The minimum Gasteiger partial charge on any atom is -0.506 e. The summed E-state index contributed by atoms with van der Waals surface area (Å²) in [5, 5.41) is 20.9. The molecule has 8 heteroatoms. The molecule has 0 fully saturated rings. The predicted octanol–water partition coefficient (Wildman–Crippen LogP) is -0.565. The van der Waals surface area contributed by atoms with Crippen molar-refractivity contribution < 1.29 is 19.8 Å². The fourth-order valence-corrected chi connectivity index (χ4v) is 1.93. The summed E-state index contributed by atoms with van der Waals surface area (Å²) < 4.78 is 1.07. The maximum Gasteiger partial charge on any atom is 0.322 e. The van der Waals surface area contributed by atoms with E-state index in [-0.39, 0.29) is 11.0 Å². The van der Waals surface area contributed by atoms with Gasteiger partial charge in [0.1, 0.15) is 23.5 Å². The van der Waals surface area contributed by atoms with Crippen LogP contribution in [0.25, 0.3) is 11.0 Å². The third kappa shape index (κ3) is 2.47. The molecule has 0 saturated heterocycles. The first kappa shape index (κ1) is 15.1. The van der Waals surface area contributed by atoms with Crippen LogP contribution in [0.15, 0.2) is 17.1 Å². The minimum atomic E-state index is -1.28. The molecule has 0 radical (unpaired) electrons. The summed E-state index contributed by atoms with van der Waals surface area (Å²) in [5.41, 5.74) is -0.851. The number of aromatic nitrogens is 2. The molecule has 2 heterocycles. The van der Waals surface area contributed by atoms with Crippen LogP contribution < -0.4 is 10.9 Å². The molecule has 0 aromatic carbocycles. The zero-order valence-electron chi connectivity index (χ0n) is 11.5. The molecule has 0 unspecified atom stereocenters. The van der Waals surface area contributed by atoms with Crippen LogP contribution in [0.2, 0.25) is 0 Å². The molecule has 0 spiro atoms. The lowest BCUT2D eigenvalue weighted by atomic mass is 10.1. The number of amides is 1. The van der Waals surface area contributed by atoms with Crippen molar-refractivity contribution in [2.45, 2.75) is 0 Å². The van der Waals surface area contributed by atoms with Gasteiger partial charge in [-0.15, -0.1) is 6.42 Å². The van der Waals surface area contributed by atoms with Crippen molar-refractivity contribution in [3.8, 4) is 18.1 Å². The quantitative estimate of drug-likeness (QED) is 0.653. The highest BCUT2D eigenvalue weighted by Gasteiger charge is 2.22. The molecule has 0 bridgehead atoms. The SMILES string of the molecule is C#Cc1cnc2c(c1)c(O)c(C(=O)NCC(=O)O)c(=O)n2C. The molecule has 0 atom stereocenters. The Bertz CT molecular complexity index is 892. The van der Waals surface area contributed by atoms with Gasteiger partial charge in [-0.3, -0.25) is 19.0 Å². The third-order valence-corrected chi connectivity index (χ3v) is 2.99. The molecule has 8 nitrogen and oxygen atoms in total. The van der Waals surface area contributed by atoms with Crippen LogP contribution in [-0.2, 0) is 11.8 Å². The smallest absolute Gasteiger partial charge is 0.322 e. The van der Waals surface area contributed by atoms with Crippen molar-refractivity contribution >= 4 is 22.9 Å². The van der Waals surface area contributed by atoms with Gasteiger partial charge in [0.25, 0.3) is 11.5 Å². The number of carbonyl (C=O) groups excluding carboxylic acids is 1. The molecule has 2 aromatic rings. The van der Waals surface area contributed by atoms with Crippen LogP contribution in [0.5, 0.6) is 5.75 Å². The Kier molecular flexibility index (Phi) is 3.81. The van der Waals surface area contributed by atoms with Crippen LogP contribution in [-0.4, -0.2) is 38.2 Å². The summed E-state index contributed by atoms with van der Waals surface area (Å²) in [6.45, 7) is -0.678. The largest absolute Gasteiger partial charge is 0.506 e. The summed E-state index contributed by atoms with van der Waals surface area (Å²) in [5.74, 6) is -0.530. The standard InChI is InChI=1S/C14H11N3O5/c1-3-7-4-8-11(20)10(13(21)16-6-9(18)19)14(22)17(2)12(8)15-5-7/h1,4-5,20H,6H2,2H3,(H,16,21)(H,18,19). The average molecular weight is 301 g/mol. The molecular formula is C14H11N3O5. The summed E-state index contributed by atoms with van der Waals surface area (Å²) in [6, 6.07) is 1.41. The number of terminal acetylenes is 1. The van der Waals surface area contributed by atoms with Gasteiger partial charge in [0, 0.05) is 18.8 Å². The van der Waals surface area contributed by atoms with Crippen LogP contribution in [0.4, 0.5) is 0 Å². The van der Waals surface area contributed by atoms with Crippen molar-refractivity contribution in [2.75, 3.05) is 6.54 Å². The Morgan fingerprint density at radius 3 is 2.77 bits per heavy atom. The Morgan fingerprint density at radius 1 is 1.50 bits per heavy atom. The molecular weight excluding hydrogens is 290 g/mol. The van der Waals surface area contributed by atoms with Gasteiger partial charge in [-0.1, -0.05) is 5.92 Å². The number of rotatable bonds is 3. The molecule has 2 rings (SSSR count). The number of carboxylic acids is 1. The van der Waals surface area contributed by atoms with Gasteiger partial charge in [-0.25, -0.2) is 4.98 Å². The van der Waals surface area contributed by atoms with E-state index in [4.69, 9.17) is 11.5 Å². The maximum atomic E-state index is 12.2. The number of aromatic hydroxyl groups is 1. The number of nitrogens with zero attached hydrogens (tertiary/aromatic N) is 2. The second-order valence-corrected chi connectivity index (χ2v) is 4.40. The van der Waals surface area contributed by atoms with Gasteiger partial charge in [0.05, 0.1) is 5.39 Å². The number of hydrogen-bond acceptors (Lipinski definition) is 5. The van der Waals surface area contributed by atoms with E-state index in [1.165, 1.54) is 19.3 Å². The summed E-state index contributed by atoms with van der Waals surface area (Å²) in [7, 11) is 1.38. The summed E-state index contributed by atoms with van der Waals surface area (Å²) in [4.78, 5) is 38.5. The number of aliphatic carboxylic acids is 1. The Morgan fingerprint density at radius 2 is 2.18 bits per heavy atom. The van der Waals surface area contributed by atoms with E-state index in [1.54, 1.807) is 0 Å². The van der Waals surface area contributed by atoms with Crippen LogP contribution in [0, 0.1) is 12.3 Å². The highest BCUT2D eigenvalue weighted by atomic mass is 16.4. The van der Waals surface area contributed by atoms with E-state index in [0.717, 1.165) is 4.57 Å². The monoisotopic (exact) mass is 301 g/mol. The molecule has 0 aliphatic carbocycles. The number of carboxylic acid groups (broad SMARTS) is 1. The lowest BCUT2D eigenvalue weighted by Crippen LogP contribution is -2.35. The van der Waals surface area contributed by atoms with Crippen molar-refractivity contribution in [3.05, 3.63) is 33.7 Å². The maximum absolute atomic E-state index is 12.2. The van der Waals surface area contributed by atoms with Crippen molar-refractivity contribution in [2.24, 2.45) is 7.05 Å². The summed E-state index contributed by atoms with van der Waals surface area (Å²) in [6.07, 6.45) is 6.61. The average Bonchev–Trinajstić information content (AvgIpc) is 2.50. The first-order valence-electron chi connectivity index (χ1n) is 6.05. The van der Waals surface area contributed by atoms with Gasteiger partial charge in [-0.2, -0.15) is 0 Å². The Hall–Kier alpha value is -3.34. The van der Waals surface area contributed by atoms with E-state index in [0.29, 0.717) is 5.56 Å². The van der Waals surface area contributed by atoms with Crippen LogP contribution in [0.3, 0.4) is 0 Å². The molecule has 1 amide bonds. The van der Waals surface area contributed by atoms with Crippen molar-refractivity contribution in [1.29, 1.82) is 0 Å². The predicted molar refractivity (Wildman–Crippen MR) is 76.6 cm³/mol.